The molecule has 10 heteroatoms. The number of ether oxygens (including phenoxy) is 1. The Morgan fingerprint density at radius 2 is 1.29 bits per heavy atom. The lowest BCUT2D eigenvalue weighted by molar-refractivity contribution is -0.980. The van der Waals surface area contributed by atoms with E-state index in [0.717, 1.165) is 13.8 Å². The second kappa shape index (κ2) is 5.31. The molecule has 0 saturated heterocycles. The van der Waals surface area contributed by atoms with Crippen LogP contribution in [0.15, 0.2) is 24.3 Å². The highest BCUT2D eigenvalue weighted by atomic mass is 16.7. The fourth-order valence-electron chi connectivity index (χ4n) is 2.09. The predicted octanol–water partition coefficient (Wildman–Crippen LogP) is 1.46. The molecule has 0 atom stereocenters. The Balaban J connectivity index is 3.56. The van der Waals surface area contributed by atoms with Crippen molar-refractivity contribution in [2.75, 3.05) is 7.11 Å². The van der Waals surface area contributed by atoms with E-state index in [1.807, 2.05) is 0 Å². The van der Waals surface area contributed by atoms with Gasteiger partial charge in [-0.25, -0.2) is 0 Å². The highest BCUT2D eigenvalue weighted by Gasteiger charge is 2.81. The van der Waals surface area contributed by atoms with Crippen LogP contribution in [-0.4, -0.2) is 27.7 Å². The van der Waals surface area contributed by atoms with Crippen LogP contribution in [0.1, 0.15) is 19.4 Å². The van der Waals surface area contributed by atoms with E-state index in [1.54, 1.807) is 0 Å². The molecule has 0 heterocycles. The molecule has 0 saturated carbocycles. The van der Waals surface area contributed by atoms with Crippen LogP contribution < -0.4 is 4.74 Å². The smallest absolute Gasteiger partial charge is 0.497 e. The van der Waals surface area contributed by atoms with E-state index < -0.39 is 26.0 Å². The van der Waals surface area contributed by atoms with Crippen LogP contribution in [-0.2, 0) is 5.41 Å². The molecular weight excluding hydrogens is 286 g/mol. The molecule has 0 unspecified atom stereocenters. The topological polar surface area (TPSA) is 139 Å². The van der Waals surface area contributed by atoms with E-state index in [-0.39, 0.29) is 5.56 Å². The fraction of sp³-hybridized carbons (Fsp3) is 0.455. The van der Waals surface area contributed by atoms with Gasteiger partial charge in [0.15, 0.2) is 14.8 Å². The fourth-order valence-corrected chi connectivity index (χ4v) is 2.09. The summed E-state index contributed by atoms with van der Waals surface area (Å²) in [6, 6.07) is 5.48. The zero-order chi connectivity index (χ0) is 16.4. The minimum absolute atomic E-state index is 0.0772. The second-order valence-corrected chi connectivity index (χ2v) is 4.76. The van der Waals surface area contributed by atoms with Crippen LogP contribution in [0.3, 0.4) is 0 Å². The molecule has 0 bridgehead atoms. The van der Waals surface area contributed by atoms with Gasteiger partial charge in [-0.2, -0.15) is 0 Å². The summed E-state index contributed by atoms with van der Waals surface area (Å²) in [5, 5.41) is 33.4. The van der Waals surface area contributed by atoms with Crippen molar-refractivity contribution in [3.8, 4) is 5.75 Å². The maximum atomic E-state index is 11.1. The van der Waals surface area contributed by atoms with Crippen molar-refractivity contribution < 1.29 is 19.5 Å². The summed E-state index contributed by atoms with van der Waals surface area (Å²) >= 11 is 0. The molecule has 114 valence electrons. The molecule has 0 aliphatic heterocycles. The minimum Gasteiger partial charge on any atom is -0.497 e. The second-order valence-electron chi connectivity index (χ2n) is 4.76. The number of nitro groups is 3. The molecule has 21 heavy (non-hydrogen) atoms. The Labute approximate surface area is 118 Å². The first kappa shape index (κ1) is 16.3. The van der Waals surface area contributed by atoms with E-state index >= 15 is 0 Å². The van der Waals surface area contributed by atoms with E-state index in [1.165, 1.54) is 31.4 Å². The highest BCUT2D eigenvalue weighted by Crippen LogP contribution is 2.38. The first-order chi connectivity index (χ1) is 9.62. The number of rotatable bonds is 6. The summed E-state index contributed by atoms with van der Waals surface area (Å²) in [5.74, 6) is -3.16. The van der Waals surface area contributed by atoms with Crippen LogP contribution >= 0.6 is 0 Å². The summed E-state index contributed by atoms with van der Waals surface area (Å²) in [6.45, 7) is 2.17. The van der Waals surface area contributed by atoms with Gasteiger partial charge in [0.1, 0.15) is 5.75 Å². The van der Waals surface area contributed by atoms with Gasteiger partial charge < -0.3 is 4.74 Å². The Morgan fingerprint density at radius 3 is 1.57 bits per heavy atom. The lowest BCUT2D eigenvalue weighted by Gasteiger charge is -2.24. The standard InChI is InChI=1S/C11H13N3O7/c1-10(2,8-4-6-9(21-3)7-5-8)11(12(15)16,13(17)18)14(19)20/h4-7H,1-3H3. The van der Waals surface area contributed by atoms with Crippen LogP contribution in [0.5, 0.6) is 5.75 Å². The van der Waals surface area contributed by atoms with Gasteiger partial charge in [-0.1, -0.05) is 12.1 Å². The molecule has 0 fully saturated rings. The summed E-state index contributed by atoms with van der Waals surface area (Å²) in [5.41, 5.74) is -1.91. The van der Waals surface area contributed by atoms with E-state index in [2.05, 4.69) is 0 Å². The maximum Gasteiger partial charge on any atom is 0.708 e. The van der Waals surface area contributed by atoms with Gasteiger partial charge in [0.25, 0.3) is 0 Å². The largest absolute Gasteiger partial charge is 0.708 e. The van der Waals surface area contributed by atoms with E-state index in [9.17, 15) is 30.3 Å². The summed E-state index contributed by atoms with van der Waals surface area (Å²) in [7, 11) is 1.40. The van der Waals surface area contributed by atoms with Crippen molar-refractivity contribution in [1.29, 1.82) is 0 Å². The third kappa shape index (κ3) is 2.24. The summed E-state index contributed by atoms with van der Waals surface area (Å²) in [6.07, 6.45) is 0. The Kier molecular flexibility index (Phi) is 4.11. The molecule has 0 radical (unpaired) electrons. The third-order valence-electron chi connectivity index (χ3n) is 3.41. The van der Waals surface area contributed by atoms with Crippen molar-refractivity contribution in [3.63, 3.8) is 0 Å². The van der Waals surface area contributed by atoms with Crippen molar-refractivity contribution in [1.82, 2.24) is 0 Å². The molecule has 0 aromatic heterocycles. The van der Waals surface area contributed by atoms with Crippen LogP contribution in [0.4, 0.5) is 0 Å². The zero-order valence-electron chi connectivity index (χ0n) is 11.5. The van der Waals surface area contributed by atoms with Crippen LogP contribution in [0, 0.1) is 30.3 Å². The van der Waals surface area contributed by atoms with Gasteiger partial charge in [0.05, 0.1) is 7.11 Å². The number of hydrogen-bond acceptors (Lipinski definition) is 7. The first-order valence-corrected chi connectivity index (χ1v) is 5.70. The molecule has 1 aromatic carbocycles. The molecule has 0 spiro atoms. The van der Waals surface area contributed by atoms with E-state index in [4.69, 9.17) is 4.74 Å². The minimum atomic E-state index is -3.58. The monoisotopic (exact) mass is 299 g/mol. The lowest BCUT2D eigenvalue weighted by Crippen LogP contribution is -2.64. The van der Waals surface area contributed by atoms with Crippen molar-refractivity contribution in [3.05, 3.63) is 60.2 Å². The quantitative estimate of drug-likeness (QED) is 0.440. The van der Waals surface area contributed by atoms with Crippen molar-refractivity contribution in [2.45, 2.75) is 25.0 Å². The molecule has 10 nitrogen and oxygen atoms in total. The number of nitrogens with zero attached hydrogens (tertiary/aromatic N) is 3. The third-order valence-corrected chi connectivity index (χ3v) is 3.41. The number of methoxy groups -OCH3 is 1. The van der Waals surface area contributed by atoms with Gasteiger partial charge in [-0.15, -0.1) is 0 Å². The Hall–Kier alpha value is -2.78. The summed E-state index contributed by atoms with van der Waals surface area (Å²) in [4.78, 5) is 29.0. The maximum absolute atomic E-state index is 11.1. The molecule has 0 N–H and O–H groups in total. The first-order valence-electron chi connectivity index (χ1n) is 5.70. The number of hydrogen-bond donors (Lipinski definition) is 0. The van der Waals surface area contributed by atoms with Crippen LogP contribution in [0.2, 0.25) is 0 Å². The Morgan fingerprint density at radius 1 is 0.905 bits per heavy atom. The number of benzene rings is 1. The predicted molar refractivity (Wildman–Crippen MR) is 69.7 cm³/mol. The molecule has 0 aliphatic carbocycles. The average Bonchev–Trinajstić information content (AvgIpc) is 2.37. The van der Waals surface area contributed by atoms with Gasteiger partial charge in [0, 0.05) is 0 Å². The van der Waals surface area contributed by atoms with Gasteiger partial charge in [0.2, 0.25) is 5.41 Å². The SMILES string of the molecule is COc1ccc(C(C)(C)C([N+](=O)[O-])([N+](=O)[O-])[N+](=O)[O-])cc1. The molecule has 0 aliphatic rings. The molecule has 0 amide bonds. The van der Waals surface area contributed by atoms with Crippen LogP contribution in [0.25, 0.3) is 0 Å². The molecule has 1 rings (SSSR count). The van der Waals surface area contributed by atoms with E-state index in [0.29, 0.717) is 5.75 Å². The highest BCUT2D eigenvalue weighted by molar-refractivity contribution is 5.32. The Bertz CT molecular complexity index is 546. The zero-order valence-corrected chi connectivity index (χ0v) is 11.5. The normalized spacial score (nSPS) is 11.8. The lowest BCUT2D eigenvalue weighted by atomic mass is 9.78. The van der Waals surface area contributed by atoms with Crippen molar-refractivity contribution >= 4 is 0 Å². The summed E-state index contributed by atoms with van der Waals surface area (Å²) < 4.78 is 4.91. The van der Waals surface area contributed by atoms with Gasteiger partial charge in [-0.05, 0) is 31.5 Å². The molecular formula is C11H13N3O7. The van der Waals surface area contributed by atoms with Crippen molar-refractivity contribution in [2.24, 2.45) is 0 Å². The van der Waals surface area contributed by atoms with Gasteiger partial charge >= 0.3 is 5.79 Å². The van der Waals surface area contributed by atoms with Gasteiger partial charge in [-0.3, -0.25) is 30.3 Å². The average molecular weight is 299 g/mol. The molecule has 1 aromatic rings.